The van der Waals surface area contributed by atoms with E-state index in [0.29, 0.717) is 24.5 Å². The van der Waals surface area contributed by atoms with E-state index in [1.807, 2.05) is 36.4 Å². The lowest BCUT2D eigenvalue weighted by Crippen LogP contribution is -2.35. The van der Waals surface area contributed by atoms with Gasteiger partial charge in [-0.25, -0.2) is 4.79 Å². The van der Waals surface area contributed by atoms with Gasteiger partial charge in [0, 0.05) is 24.1 Å². The van der Waals surface area contributed by atoms with E-state index in [9.17, 15) is 4.79 Å². The zero-order chi connectivity index (χ0) is 18.0. The highest BCUT2D eigenvalue weighted by Gasteiger charge is 2.44. The number of esters is 1. The molecule has 0 bridgehead atoms. The van der Waals surface area contributed by atoms with E-state index in [0.717, 1.165) is 16.5 Å². The molecule has 4 rings (SSSR count). The fourth-order valence-corrected chi connectivity index (χ4v) is 3.43. The molecule has 26 heavy (non-hydrogen) atoms. The van der Waals surface area contributed by atoms with Crippen LogP contribution in [0.3, 0.4) is 0 Å². The number of nitrogens with zero attached hydrogens (tertiary/aromatic N) is 1. The third-order valence-electron chi connectivity index (χ3n) is 4.77. The summed E-state index contributed by atoms with van der Waals surface area (Å²) in [6.45, 7) is 0.407. The Labute approximate surface area is 157 Å². The number of cyclic esters (lactones) is 1. The third-order valence-corrected chi connectivity index (χ3v) is 5.02. The molecule has 3 nitrogen and oxygen atoms in total. The monoisotopic (exact) mass is 363 g/mol. The highest BCUT2D eigenvalue weighted by molar-refractivity contribution is 6.30. The van der Waals surface area contributed by atoms with Gasteiger partial charge in [-0.15, -0.1) is 0 Å². The second-order valence-corrected chi connectivity index (χ2v) is 7.02. The van der Waals surface area contributed by atoms with Crippen molar-refractivity contribution in [2.75, 3.05) is 6.61 Å². The van der Waals surface area contributed by atoms with E-state index < -0.39 is 5.54 Å². The van der Waals surface area contributed by atoms with Gasteiger partial charge < -0.3 is 4.74 Å². The van der Waals surface area contributed by atoms with Crippen LogP contribution in [0.25, 0.3) is 10.8 Å². The van der Waals surface area contributed by atoms with Crippen LogP contribution in [0.5, 0.6) is 0 Å². The maximum atomic E-state index is 12.5. The number of hydrogen-bond acceptors (Lipinski definition) is 3. The van der Waals surface area contributed by atoms with E-state index in [-0.39, 0.29) is 5.97 Å². The molecule has 3 aromatic rings. The van der Waals surface area contributed by atoms with Crippen molar-refractivity contribution >= 4 is 34.6 Å². The normalized spacial score (nSPS) is 20.0. The lowest BCUT2D eigenvalue weighted by Gasteiger charge is -2.20. The Kier molecular flexibility index (Phi) is 4.48. The fraction of sp³-hybridized carbons (Fsp3) is 0.182. The van der Waals surface area contributed by atoms with Crippen LogP contribution < -0.4 is 0 Å². The van der Waals surface area contributed by atoms with Crippen LogP contribution in [0.2, 0.25) is 5.02 Å². The van der Waals surface area contributed by atoms with Crippen LogP contribution in [0.15, 0.2) is 71.7 Å². The van der Waals surface area contributed by atoms with Crippen LogP contribution >= 0.6 is 11.6 Å². The molecule has 0 aliphatic carbocycles. The van der Waals surface area contributed by atoms with Crippen molar-refractivity contribution in [3.63, 3.8) is 0 Å². The number of halogens is 1. The summed E-state index contributed by atoms with van der Waals surface area (Å²) in [5, 5.41) is 3.02. The molecule has 0 aromatic heterocycles. The highest BCUT2D eigenvalue weighted by atomic mass is 35.5. The average Bonchev–Trinajstić information content (AvgIpc) is 3.02. The zero-order valence-electron chi connectivity index (χ0n) is 14.2. The molecule has 1 saturated heterocycles. The summed E-state index contributed by atoms with van der Waals surface area (Å²) in [4.78, 5) is 17.2. The highest BCUT2D eigenvalue weighted by Crippen LogP contribution is 2.30. The first-order valence-electron chi connectivity index (χ1n) is 8.60. The lowest BCUT2D eigenvalue weighted by atomic mass is 9.89. The Morgan fingerprint density at radius 2 is 1.81 bits per heavy atom. The van der Waals surface area contributed by atoms with E-state index in [4.69, 9.17) is 16.3 Å². The molecule has 1 heterocycles. The van der Waals surface area contributed by atoms with Crippen molar-refractivity contribution in [3.8, 4) is 0 Å². The van der Waals surface area contributed by atoms with E-state index in [2.05, 4.69) is 35.3 Å². The summed E-state index contributed by atoms with van der Waals surface area (Å²) < 4.78 is 5.26. The topological polar surface area (TPSA) is 38.7 Å². The Morgan fingerprint density at radius 3 is 2.54 bits per heavy atom. The fourth-order valence-electron chi connectivity index (χ4n) is 3.31. The van der Waals surface area contributed by atoms with Crippen molar-refractivity contribution in [2.45, 2.75) is 18.4 Å². The number of aliphatic imine (C=N–C) groups is 1. The van der Waals surface area contributed by atoms with E-state index in [1.54, 1.807) is 6.21 Å². The van der Waals surface area contributed by atoms with Gasteiger partial charge in [0.15, 0.2) is 5.54 Å². The van der Waals surface area contributed by atoms with Crippen LogP contribution in [0.4, 0.5) is 0 Å². The Hall–Kier alpha value is -2.65. The van der Waals surface area contributed by atoms with Crippen molar-refractivity contribution in [1.82, 2.24) is 0 Å². The zero-order valence-corrected chi connectivity index (χ0v) is 14.9. The molecular formula is C22H18ClNO2. The van der Waals surface area contributed by atoms with Gasteiger partial charge in [-0.05, 0) is 34.0 Å². The molecule has 1 fully saturated rings. The quantitative estimate of drug-likeness (QED) is 0.491. The number of hydrogen-bond donors (Lipinski definition) is 0. The molecule has 1 aliphatic rings. The average molecular weight is 364 g/mol. The first-order valence-corrected chi connectivity index (χ1v) is 8.98. The minimum Gasteiger partial charge on any atom is -0.464 e. The predicted octanol–water partition coefficient (Wildman–Crippen LogP) is 4.84. The Morgan fingerprint density at radius 1 is 1.04 bits per heavy atom. The predicted molar refractivity (Wildman–Crippen MR) is 105 cm³/mol. The number of benzene rings is 3. The summed E-state index contributed by atoms with van der Waals surface area (Å²) in [7, 11) is 0. The summed E-state index contributed by atoms with van der Waals surface area (Å²) in [6.07, 6.45) is 2.85. The van der Waals surface area contributed by atoms with Crippen molar-refractivity contribution < 1.29 is 9.53 Å². The lowest BCUT2D eigenvalue weighted by molar-refractivity contribution is -0.142. The smallest absolute Gasteiger partial charge is 0.334 e. The maximum Gasteiger partial charge on any atom is 0.334 e. The van der Waals surface area contributed by atoms with Crippen molar-refractivity contribution in [3.05, 3.63) is 82.9 Å². The van der Waals surface area contributed by atoms with Crippen LogP contribution in [0, 0.1) is 0 Å². The van der Waals surface area contributed by atoms with Crippen LogP contribution in [-0.2, 0) is 16.0 Å². The van der Waals surface area contributed by atoms with Crippen molar-refractivity contribution in [2.24, 2.45) is 4.99 Å². The van der Waals surface area contributed by atoms with Crippen LogP contribution in [0.1, 0.15) is 17.5 Å². The Balaban J connectivity index is 1.65. The maximum absolute atomic E-state index is 12.5. The second-order valence-electron chi connectivity index (χ2n) is 6.59. The van der Waals surface area contributed by atoms with Gasteiger partial charge in [0.25, 0.3) is 0 Å². The van der Waals surface area contributed by atoms with Gasteiger partial charge in [-0.2, -0.15) is 0 Å². The number of carbonyl (C=O) groups excluding carboxylic acids is 1. The summed E-state index contributed by atoms with van der Waals surface area (Å²) in [6, 6.07) is 21.9. The van der Waals surface area contributed by atoms with E-state index >= 15 is 0 Å². The standard InChI is InChI=1S/C22H18ClNO2/c23-20-9-6-16(7-10-20)15-24-22(11-12-26-21(22)25)14-17-5-8-18-3-1-2-4-19(18)13-17/h1-10,13,15H,11-12,14H2/t22-/m0/s1. The van der Waals surface area contributed by atoms with E-state index in [1.165, 1.54) is 5.39 Å². The molecule has 130 valence electrons. The first-order chi connectivity index (χ1) is 12.6. The number of ether oxygens (including phenoxy) is 1. The van der Waals surface area contributed by atoms with Crippen LogP contribution in [-0.4, -0.2) is 24.3 Å². The minimum atomic E-state index is -0.859. The van der Waals surface area contributed by atoms with Gasteiger partial charge in [0.2, 0.25) is 0 Å². The van der Waals surface area contributed by atoms with Gasteiger partial charge in [-0.1, -0.05) is 66.2 Å². The SMILES string of the molecule is O=C1OCC[C@@]1(Cc1ccc2ccccc2c1)N=Cc1ccc(Cl)cc1. The molecule has 0 N–H and O–H groups in total. The molecule has 1 atom stereocenters. The van der Waals surface area contributed by atoms with Crippen molar-refractivity contribution in [1.29, 1.82) is 0 Å². The second kappa shape index (κ2) is 6.93. The van der Waals surface area contributed by atoms with Gasteiger partial charge in [0.05, 0.1) is 6.61 Å². The summed E-state index contributed by atoms with van der Waals surface area (Å²) in [5.74, 6) is -0.254. The molecule has 3 aromatic carbocycles. The largest absolute Gasteiger partial charge is 0.464 e. The molecule has 0 saturated carbocycles. The molecule has 1 aliphatic heterocycles. The molecule has 0 amide bonds. The summed E-state index contributed by atoms with van der Waals surface area (Å²) in [5.41, 5.74) is 1.13. The molecule has 4 heteroatoms. The van der Waals surface area contributed by atoms with Gasteiger partial charge in [0.1, 0.15) is 0 Å². The van der Waals surface area contributed by atoms with Gasteiger partial charge >= 0.3 is 5.97 Å². The number of rotatable bonds is 4. The minimum absolute atomic E-state index is 0.254. The molecule has 0 spiro atoms. The Bertz CT molecular complexity index is 981. The summed E-state index contributed by atoms with van der Waals surface area (Å²) >= 11 is 5.93. The molecule has 0 unspecified atom stereocenters. The molecule has 0 radical (unpaired) electrons. The number of fused-ring (bicyclic) bond motifs is 1. The molecular weight excluding hydrogens is 346 g/mol. The third kappa shape index (κ3) is 3.35. The first kappa shape index (κ1) is 16.8. The number of carbonyl (C=O) groups is 1. The van der Waals surface area contributed by atoms with Gasteiger partial charge in [-0.3, -0.25) is 4.99 Å².